The second-order valence-corrected chi connectivity index (χ2v) is 2.20. The highest BCUT2D eigenvalue weighted by Gasteiger charge is 2.07. The summed E-state index contributed by atoms with van der Waals surface area (Å²) in [4.78, 5) is 20.6. The lowest BCUT2D eigenvalue weighted by atomic mass is 10.4. The molecule has 0 heterocycles. The van der Waals surface area contributed by atoms with Gasteiger partial charge in [0, 0.05) is 6.92 Å². The van der Waals surface area contributed by atoms with Crippen molar-refractivity contribution in [3.8, 4) is 0 Å². The molecule has 0 radical (unpaired) electrons. The fourth-order valence-corrected chi connectivity index (χ4v) is 0.431. The van der Waals surface area contributed by atoms with Crippen molar-refractivity contribution in [2.75, 3.05) is 0 Å². The van der Waals surface area contributed by atoms with E-state index in [9.17, 15) is 9.59 Å². The van der Waals surface area contributed by atoms with Gasteiger partial charge in [-0.2, -0.15) is 0 Å². The molecule has 0 fully saturated rings. The largest absolute Gasteiger partial charge is 0.346 e. The van der Waals surface area contributed by atoms with Crippen molar-refractivity contribution in [3.63, 3.8) is 0 Å². The van der Waals surface area contributed by atoms with Crippen molar-refractivity contribution in [1.29, 1.82) is 0 Å². The van der Waals surface area contributed by atoms with Gasteiger partial charge in [0.15, 0.2) is 0 Å². The lowest BCUT2D eigenvalue weighted by molar-refractivity contribution is -0.122. The van der Waals surface area contributed by atoms with Crippen molar-refractivity contribution < 1.29 is 9.59 Å². The SMILES string of the molecule is CC(=O)N[C@@H](C)C(=O)S. The third-order valence-electron chi connectivity index (χ3n) is 0.790. The average molecular weight is 147 g/mol. The Hall–Kier alpha value is -0.510. The van der Waals surface area contributed by atoms with Crippen LogP contribution in [0.4, 0.5) is 0 Å². The highest BCUT2D eigenvalue weighted by molar-refractivity contribution is 7.96. The molecule has 0 saturated carbocycles. The van der Waals surface area contributed by atoms with Crippen LogP contribution >= 0.6 is 12.6 Å². The average Bonchev–Trinajstić information content (AvgIpc) is 1.63. The Labute approximate surface area is 59.2 Å². The molecule has 0 aliphatic carbocycles. The van der Waals surface area contributed by atoms with Crippen LogP contribution in [0.1, 0.15) is 13.8 Å². The van der Waals surface area contributed by atoms with Crippen LogP contribution in [-0.4, -0.2) is 17.1 Å². The summed E-state index contributed by atoms with van der Waals surface area (Å²) in [5.41, 5.74) is 0. The zero-order valence-corrected chi connectivity index (χ0v) is 6.24. The summed E-state index contributed by atoms with van der Waals surface area (Å²) >= 11 is 3.51. The normalized spacial score (nSPS) is 12.3. The molecule has 0 saturated heterocycles. The molecule has 0 aliphatic heterocycles. The zero-order valence-electron chi connectivity index (χ0n) is 5.34. The highest BCUT2D eigenvalue weighted by atomic mass is 32.1. The predicted octanol–water partition coefficient (Wildman–Crippen LogP) is -0.0326. The summed E-state index contributed by atoms with van der Waals surface area (Å²) in [6.07, 6.45) is 0. The first-order valence-electron chi connectivity index (χ1n) is 2.54. The van der Waals surface area contributed by atoms with Gasteiger partial charge in [-0.3, -0.25) is 9.59 Å². The first-order chi connectivity index (χ1) is 4.04. The van der Waals surface area contributed by atoms with Crippen molar-refractivity contribution in [2.24, 2.45) is 0 Å². The molecule has 9 heavy (non-hydrogen) atoms. The van der Waals surface area contributed by atoms with Gasteiger partial charge in [-0.15, -0.1) is 12.6 Å². The van der Waals surface area contributed by atoms with Crippen LogP contribution in [0.2, 0.25) is 0 Å². The number of thiol groups is 1. The van der Waals surface area contributed by atoms with E-state index in [1.807, 2.05) is 0 Å². The third-order valence-corrected chi connectivity index (χ3v) is 1.18. The van der Waals surface area contributed by atoms with E-state index in [-0.39, 0.29) is 11.0 Å². The van der Waals surface area contributed by atoms with Gasteiger partial charge >= 0.3 is 0 Å². The first-order valence-corrected chi connectivity index (χ1v) is 2.98. The maximum absolute atomic E-state index is 10.3. The maximum Gasteiger partial charge on any atom is 0.217 e. The summed E-state index contributed by atoms with van der Waals surface area (Å²) in [5.74, 6) is -0.218. The number of carbonyl (C=O) groups is 2. The van der Waals surface area contributed by atoms with E-state index in [4.69, 9.17) is 0 Å². The Balaban J connectivity index is 3.63. The van der Waals surface area contributed by atoms with Crippen LogP contribution in [0.15, 0.2) is 0 Å². The van der Waals surface area contributed by atoms with Crippen LogP contribution in [0.25, 0.3) is 0 Å². The smallest absolute Gasteiger partial charge is 0.217 e. The molecule has 52 valence electrons. The Morgan fingerprint density at radius 2 is 2.00 bits per heavy atom. The Bertz CT molecular complexity index is 135. The Morgan fingerprint density at radius 3 is 2.11 bits per heavy atom. The summed E-state index contributed by atoms with van der Waals surface area (Å²) < 4.78 is 0. The van der Waals surface area contributed by atoms with E-state index in [1.165, 1.54) is 6.92 Å². The minimum absolute atomic E-state index is 0.218. The van der Waals surface area contributed by atoms with Crippen LogP contribution < -0.4 is 5.32 Å². The Kier molecular flexibility index (Phi) is 3.30. The van der Waals surface area contributed by atoms with Gasteiger partial charge < -0.3 is 5.32 Å². The highest BCUT2D eigenvalue weighted by Crippen LogP contribution is 1.87. The monoisotopic (exact) mass is 147 g/mol. The van der Waals surface area contributed by atoms with Crippen molar-refractivity contribution in [3.05, 3.63) is 0 Å². The van der Waals surface area contributed by atoms with Gasteiger partial charge in [-0.25, -0.2) is 0 Å². The van der Waals surface area contributed by atoms with Gasteiger partial charge in [0.1, 0.15) is 0 Å². The fraction of sp³-hybridized carbons (Fsp3) is 0.600. The zero-order chi connectivity index (χ0) is 7.44. The molecule has 4 heteroatoms. The van der Waals surface area contributed by atoms with Gasteiger partial charge in [-0.1, -0.05) is 0 Å². The topological polar surface area (TPSA) is 46.2 Å². The summed E-state index contributed by atoms with van der Waals surface area (Å²) in [6.45, 7) is 2.93. The number of carbonyl (C=O) groups excluding carboxylic acids is 2. The summed E-state index contributed by atoms with van der Waals surface area (Å²) in [7, 11) is 0. The number of hydrogen-bond acceptors (Lipinski definition) is 2. The fourth-order valence-electron chi connectivity index (χ4n) is 0.367. The second kappa shape index (κ2) is 3.50. The summed E-state index contributed by atoms with van der Waals surface area (Å²) in [5, 5.41) is 2.05. The second-order valence-electron chi connectivity index (χ2n) is 1.76. The number of hydrogen-bond donors (Lipinski definition) is 2. The molecule has 1 amide bonds. The molecule has 0 aromatic carbocycles. The van der Waals surface area contributed by atoms with E-state index in [2.05, 4.69) is 17.9 Å². The van der Waals surface area contributed by atoms with E-state index >= 15 is 0 Å². The van der Waals surface area contributed by atoms with E-state index in [1.54, 1.807) is 6.92 Å². The Morgan fingerprint density at radius 1 is 1.56 bits per heavy atom. The van der Waals surface area contributed by atoms with Crippen LogP contribution in [0.5, 0.6) is 0 Å². The molecule has 0 aliphatic rings. The molecular formula is C5H9NO2S. The standard InChI is InChI=1S/C5H9NO2S/c1-3(5(8)9)6-4(2)7/h3H,1-2H3,(H,6,7)(H,8,9)/t3-/m0/s1. The molecular weight excluding hydrogens is 138 g/mol. The van der Waals surface area contributed by atoms with E-state index in [0.717, 1.165) is 0 Å². The minimum Gasteiger partial charge on any atom is -0.346 e. The lowest BCUT2D eigenvalue weighted by Crippen LogP contribution is -2.34. The molecule has 0 aromatic rings. The predicted molar refractivity (Wildman–Crippen MR) is 37.3 cm³/mol. The van der Waals surface area contributed by atoms with Gasteiger partial charge in [0.25, 0.3) is 0 Å². The number of rotatable bonds is 2. The summed E-state index contributed by atoms with van der Waals surface area (Å²) in [6, 6.07) is -0.481. The first kappa shape index (κ1) is 8.49. The van der Waals surface area contributed by atoms with Gasteiger partial charge in [-0.05, 0) is 6.92 Å². The van der Waals surface area contributed by atoms with E-state index in [0.29, 0.717) is 0 Å². The number of amides is 1. The molecule has 0 unspecified atom stereocenters. The molecule has 0 spiro atoms. The third kappa shape index (κ3) is 4.02. The van der Waals surface area contributed by atoms with E-state index < -0.39 is 6.04 Å². The van der Waals surface area contributed by atoms with Crippen molar-refractivity contribution in [2.45, 2.75) is 19.9 Å². The minimum atomic E-state index is -0.481. The van der Waals surface area contributed by atoms with Gasteiger partial charge in [0.05, 0.1) is 6.04 Å². The van der Waals surface area contributed by atoms with Crippen LogP contribution in [-0.2, 0) is 9.59 Å². The molecule has 0 rings (SSSR count). The maximum atomic E-state index is 10.3. The molecule has 0 bridgehead atoms. The molecule has 3 nitrogen and oxygen atoms in total. The quantitative estimate of drug-likeness (QED) is 0.539. The van der Waals surface area contributed by atoms with Crippen molar-refractivity contribution >= 4 is 23.7 Å². The lowest BCUT2D eigenvalue weighted by Gasteiger charge is -2.05. The molecule has 1 atom stereocenters. The van der Waals surface area contributed by atoms with Crippen LogP contribution in [0.3, 0.4) is 0 Å². The van der Waals surface area contributed by atoms with Gasteiger partial charge in [0.2, 0.25) is 11.0 Å². The number of nitrogens with one attached hydrogen (secondary N) is 1. The van der Waals surface area contributed by atoms with Crippen molar-refractivity contribution in [1.82, 2.24) is 5.32 Å². The molecule has 1 N–H and O–H groups in total. The van der Waals surface area contributed by atoms with Crippen LogP contribution in [0, 0.1) is 0 Å². The molecule has 0 aromatic heterocycles.